The highest BCUT2D eigenvalue weighted by Gasteiger charge is 2.28. The molecule has 6 heterocycles. The number of piperidine rings is 1. The number of pyridine rings is 1. The second kappa shape index (κ2) is 11.8. The average Bonchev–Trinajstić information content (AvgIpc) is 3.49. The zero-order valence-corrected chi connectivity index (χ0v) is 24.4. The summed E-state index contributed by atoms with van der Waals surface area (Å²) in [6, 6.07) is 12.8. The number of carbonyl (C=O) groups excluding carboxylic acids is 1. The van der Waals surface area contributed by atoms with Crippen LogP contribution in [0.1, 0.15) is 23.3 Å². The van der Waals surface area contributed by atoms with E-state index < -0.39 is 5.91 Å². The Morgan fingerprint density at radius 2 is 1.72 bits per heavy atom. The molecule has 3 fully saturated rings. The van der Waals surface area contributed by atoms with Crippen LogP contribution in [0.4, 0.5) is 23.0 Å². The Kier molecular flexibility index (Phi) is 7.56. The first-order valence-electron chi connectivity index (χ1n) is 15.0. The number of rotatable bonds is 8. The van der Waals surface area contributed by atoms with Gasteiger partial charge in [0.1, 0.15) is 11.4 Å². The Labute approximate surface area is 250 Å². The molecule has 0 spiro atoms. The number of benzene rings is 1. The topological polar surface area (TPSA) is 141 Å². The highest BCUT2D eigenvalue weighted by Crippen LogP contribution is 2.33. The summed E-state index contributed by atoms with van der Waals surface area (Å²) in [5, 5.41) is 7.60. The highest BCUT2D eigenvalue weighted by molar-refractivity contribution is 6.00. The van der Waals surface area contributed by atoms with Gasteiger partial charge in [0, 0.05) is 80.0 Å². The average molecular weight is 583 g/mol. The van der Waals surface area contributed by atoms with Crippen LogP contribution < -0.4 is 21.3 Å². The molecule has 4 aromatic rings. The van der Waals surface area contributed by atoms with Gasteiger partial charge in [-0.15, -0.1) is 0 Å². The van der Waals surface area contributed by atoms with E-state index in [2.05, 4.69) is 54.5 Å². The van der Waals surface area contributed by atoms with Crippen LogP contribution in [0, 0.1) is 0 Å². The molecular weight excluding hydrogens is 544 g/mol. The van der Waals surface area contributed by atoms with E-state index in [0.717, 1.165) is 42.8 Å². The van der Waals surface area contributed by atoms with Crippen molar-refractivity contribution in [2.75, 3.05) is 75.1 Å². The number of aromatic amines is 1. The fraction of sp³-hybridized carbons (Fsp3) is 0.419. The Morgan fingerprint density at radius 3 is 2.42 bits per heavy atom. The van der Waals surface area contributed by atoms with E-state index in [1.54, 1.807) is 6.20 Å². The van der Waals surface area contributed by atoms with Gasteiger partial charge in [-0.1, -0.05) is 0 Å². The number of nitrogens with one attached hydrogen (secondary N) is 3. The van der Waals surface area contributed by atoms with Gasteiger partial charge in [0.05, 0.1) is 19.3 Å². The molecule has 0 aliphatic carbocycles. The molecule has 224 valence electrons. The van der Waals surface area contributed by atoms with Gasteiger partial charge in [0.15, 0.2) is 17.3 Å². The molecule has 3 aliphatic rings. The number of fused-ring (bicyclic) bond motifs is 1. The standard InChI is InChI=1S/C31H38N10O2/c1-39-14-16-41(17-15-39)23-8-12-40(13-9-23)22-4-2-20(3-5-22)35-31-28(29(32)42)37-27(30(38-31)36-21-18-43-19-21)26-24-6-10-33-25(24)7-11-34-26/h2-7,10-11,21,23,33H,8-9,12-19H2,1H3,(H2,32,42)(H2,35,36,38). The predicted molar refractivity (Wildman–Crippen MR) is 168 cm³/mol. The third kappa shape index (κ3) is 5.73. The minimum atomic E-state index is -0.670. The lowest BCUT2D eigenvalue weighted by Gasteiger charge is -2.42. The number of carbonyl (C=O) groups is 1. The molecule has 0 saturated carbocycles. The van der Waals surface area contributed by atoms with Gasteiger partial charge in [-0.25, -0.2) is 9.97 Å². The molecule has 3 aliphatic heterocycles. The molecule has 0 bridgehead atoms. The van der Waals surface area contributed by atoms with Crippen molar-refractivity contribution < 1.29 is 9.53 Å². The number of likely N-dealkylation sites (N-methyl/N-ethyl adjacent to an activating group) is 1. The molecule has 43 heavy (non-hydrogen) atoms. The maximum atomic E-state index is 12.6. The van der Waals surface area contributed by atoms with Crippen molar-refractivity contribution in [2.45, 2.75) is 24.9 Å². The van der Waals surface area contributed by atoms with E-state index >= 15 is 0 Å². The SMILES string of the molecule is CN1CCN(C2CCN(c3ccc(Nc4nc(NC5COC5)c(-c5nccc6[nH]ccc56)nc4C(N)=O)cc3)CC2)CC1. The van der Waals surface area contributed by atoms with Gasteiger partial charge in [-0.2, -0.15) is 0 Å². The van der Waals surface area contributed by atoms with E-state index in [4.69, 9.17) is 20.4 Å². The second-order valence-electron chi connectivity index (χ2n) is 11.7. The van der Waals surface area contributed by atoms with Crippen LogP contribution in [0.5, 0.6) is 0 Å². The lowest BCUT2D eigenvalue weighted by atomic mass is 10.0. The Morgan fingerprint density at radius 1 is 0.953 bits per heavy atom. The number of nitrogens with two attached hydrogens (primary N) is 1. The van der Waals surface area contributed by atoms with Crippen LogP contribution in [0.3, 0.4) is 0 Å². The van der Waals surface area contributed by atoms with Gasteiger partial charge < -0.3 is 35.9 Å². The molecule has 3 aromatic heterocycles. The van der Waals surface area contributed by atoms with Crippen LogP contribution in [-0.4, -0.2) is 107 Å². The van der Waals surface area contributed by atoms with Crippen molar-refractivity contribution in [3.63, 3.8) is 0 Å². The normalized spacial score (nSPS) is 19.0. The summed E-state index contributed by atoms with van der Waals surface area (Å²) in [5.41, 5.74) is 9.86. The maximum absolute atomic E-state index is 12.6. The number of hydrogen-bond acceptors (Lipinski definition) is 10. The van der Waals surface area contributed by atoms with Gasteiger partial charge in [0.25, 0.3) is 5.91 Å². The number of H-pyrrole nitrogens is 1. The number of nitrogens with zero attached hydrogens (tertiary/aromatic N) is 6. The van der Waals surface area contributed by atoms with Crippen molar-refractivity contribution in [1.82, 2.24) is 29.7 Å². The summed E-state index contributed by atoms with van der Waals surface area (Å²) in [4.78, 5) is 37.5. The minimum absolute atomic E-state index is 0.0507. The maximum Gasteiger partial charge on any atom is 0.271 e. The Bertz CT molecular complexity index is 1590. The Hall–Kier alpha value is -4.26. The number of aromatic nitrogens is 4. The first kappa shape index (κ1) is 27.6. The van der Waals surface area contributed by atoms with Gasteiger partial charge in [0.2, 0.25) is 0 Å². The smallest absolute Gasteiger partial charge is 0.271 e. The number of hydrogen-bond donors (Lipinski definition) is 4. The summed E-state index contributed by atoms with van der Waals surface area (Å²) in [6.45, 7) is 7.88. The predicted octanol–water partition coefficient (Wildman–Crippen LogP) is 2.89. The number of amides is 1. The van der Waals surface area contributed by atoms with E-state index in [1.807, 2.05) is 30.5 Å². The molecule has 1 aromatic carbocycles. The van der Waals surface area contributed by atoms with Crippen molar-refractivity contribution in [3.8, 4) is 11.4 Å². The summed E-state index contributed by atoms with van der Waals surface area (Å²) in [5.74, 6) is 0.138. The summed E-state index contributed by atoms with van der Waals surface area (Å²) < 4.78 is 5.37. The largest absolute Gasteiger partial charge is 0.377 e. The fourth-order valence-electron chi connectivity index (χ4n) is 6.21. The molecule has 12 nitrogen and oxygen atoms in total. The molecular formula is C31H38N10O2. The molecule has 0 radical (unpaired) electrons. The van der Waals surface area contributed by atoms with Gasteiger partial charge in [-0.05, 0) is 56.3 Å². The third-order valence-corrected chi connectivity index (χ3v) is 8.83. The molecule has 7 rings (SSSR count). The molecule has 3 saturated heterocycles. The monoisotopic (exact) mass is 582 g/mol. The van der Waals surface area contributed by atoms with Crippen molar-refractivity contribution in [3.05, 3.63) is 54.5 Å². The van der Waals surface area contributed by atoms with Crippen molar-refractivity contribution in [2.24, 2.45) is 5.73 Å². The van der Waals surface area contributed by atoms with Crippen LogP contribution in [0.25, 0.3) is 22.3 Å². The molecule has 12 heteroatoms. The molecule has 1 amide bonds. The zero-order chi connectivity index (χ0) is 29.3. The summed E-state index contributed by atoms with van der Waals surface area (Å²) >= 11 is 0. The van der Waals surface area contributed by atoms with Crippen LogP contribution in [0.15, 0.2) is 48.8 Å². The van der Waals surface area contributed by atoms with Gasteiger partial charge >= 0.3 is 0 Å². The molecule has 0 atom stereocenters. The van der Waals surface area contributed by atoms with E-state index in [9.17, 15) is 4.79 Å². The Balaban J connectivity index is 1.11. The summed E-state index contributed by atoms with van der Waals surface area (Å²) in [6.07, 6.45) is 5.92. The van der Waals surface area contributed by atoms with E-state index in [1.165, 1.54) is 31.6 Å². The quantitative estimate of drug-likeness (QED) is 0.245. The van der Waals surface area contributed by atoms with Crippen LogP contribution >= 0.6 is 0 Å². The number of ether oxygens (including phenoxy) is 1. The second-order valence-corrected chi connectivity index (χ2v) is 11.7. The van der Waals surface area contributed by atoms with Crippen LogP contribution in [-0.2, 0) is 4.74 Å². The first-order chi connectivity index (χ1) is 21.0. The summed E-state index contributed by atoms with van der Waals surface area (Å²) in [7, 11) is 2.21. The van der Waals surface area contributed by atoms with Crippen LogP contribution in [0.2, 0.25) is 0 Å². The highest BCUT2D eigenvalue weighted by atomic mass is 16.5. The van der Waals surface area contributed by atoms with E-state index in [0.29, 0.717) is 42.3 Å². The number of anilines is 4. The third-order valence-electron chi connectivity index (χ3n) is 8.83. The molecule has 5 N–H and O–H groups in total. The number of piperazine rings is 1. The van der Waals surface area contributed by atoms with Gasteiger partial charge in [-0.3, -0.25) is 14.7 Å². The minimum Gasteiger partial charge on any atom is -0.377 e. The number of primary amides is 1. The lowest BCUT2D eigenvalue weighted by molar-refractivity contribution is 0.0209. The van der Waals surface area contributed by atoms with Crippen molar-refractivity contribution in [1.29, 1.82) is 0 Å². The fourth-order valence-corrected chi connectivity index (χ4v) is 6.21. The van der Waals surface area contributed by atoms with Crippen molar-refractivity contribution >= 4 is 39.8 Å². The zero-order valence-electron chi connectivity index (χ0n) is 24.4. The first-order valence-corrected chi connectivity index (χ1v) is 15.0. The molecule has 0 unspecified atom stereocenters. The lowest BCUT2D eigenvalue weighted by Crippen LogP contribution is -2.52. The van der Waals surface area contributed by atoms with E-state index in [-0.39, 0.29) is 11.7 Å².